The summed E-state index contributed by atoms with van der Waals surface area (Å²) in [5.41, 5.74) is 0. The zero-order valence-corrected chi connectivity index (χ0v) is 14.0. The first-order valence-electron chi connectivity index (χ1n) is 7.29. The Hall–Kier alpha value is -1.90. The second-order valence-electron chi connectivity index (χ2n) is 6.70. The molecule has 0 spiro atoms. The van der Waals surface area contributed by atoms with Gasteiger partial charge in [-0.1, -0.05) is 0 Å². The van der Waals surface area contributed by atoms with Crippen LogP contribution in [0.1, 0.15) is 0 Å². The number of ether oxygens (including phenoxy) is 2. The molecular formula is C12H10O12S2. The van der Waals surface area contributed by atoms with Crippen molar-refractivity contribution in [3.63, 3.8) is 0 Å². The molecular weight excluding hydrogens is 400 g/mol. The van der Waals surface area contributed by atoms with Crippen molar-refractivity contribution in [3.05, 3.63) is 0 Å². The largest absolute Gasteiger partial charge is 0.393 e. The van der Waals surface area contributed by atoms with Crippen LogP contribution in [0.4, 0.5) is 0 Å². The molecule has 12 nitrogen and oxygen atoms in total. The van der Waals surface area contributed by atoms with Crippen LogP contribution in [-0.2, 0) is 48.9 Å². The predicted molar refractivity (Wildman–Crippen MR) is 73.8 cm³/mol. The highest BCUT2D eigenvalue weighted by Gasteiger charge is 2.78. The monoisotopic (exact) mass is 410 g/mol. The Morgan fingerprint density at radius 2 is 0.808 bits per heavy atom. The molecule has 5 rings (SSSR count). The summed E-state index contributed by atoms with van der Waals surface area (Å²) in [7, 11) is -10.5. The van der Waals surface area contributed by atoms with Gasteiger partial charge in [0.25, 0.3) is 20.2 Å². The highest BCUT2D eigenvalue weighted by molar-refractivity contribution is 7.90. The Bertz CT molecular complexity index is 858. The molecule has 2 saturated heterocycles. The molecule has 0 aromatic carbocycles. The summed E-state index contributed by atoms with van der Waals surface area (Å²) in [6.45, 7) is 0. The van der Waals surface area contributed by atoms with Gasteiger partial charge in [0.2, 0.25) is 0 Å². The van der Waals surface area contributed by atoms with Gasteiger partial charge in [-0.25, -0.2) is 0 Å². The highest BCUT2D eigenvalue weighted by Crippen LogP contribution is 2.62. The fraction of sp³-hybridized carbons (Fsp3) is 0.667. The zero-order valence-electron chi connectivity index (χ0n) is 12.4. The van der Waals surface area contributed by atoms with Gasteiger partial charge in [0, 0.05) is 11.8 Å². The summed E-state index contributed by atoms with van der Waals surface area (Å²) in [5.74, 6) is -14.6. The van der Waals surface area contributed by atoms with Crippen molar-refractivity contribution in [1.82, 2.24) is 0 Å². The third-order valence-corrected chi connectivity index (χ3v) is 8.46. The summed E-state index contributed by atoms with van der Waals surface area (Å²) < 4.78 is 75.6. The Labute approximate surface area is 145 Å². The van der Waals surface area contributed by atoms with Crippen molar-refractivity contribution >= 4 is 44.1 Å². The van der Waals surface area contributed by atoms with Crippen molar-refractivity contribution in [2.24, 2.45) is 35.5 Å². The average molecular weight is 410 g/mol. The molecule has 2 aliphatic heterocycles. The van der Waals surface area contributed by atoms with Gasteiger partial charge in [-0.15, -0.1) is 0 Å². The zero-order chi connectivity index (χ0) is 19.3. The lowest BCUT2D eigenvalue weighted by Crippen LogP contribution is -2.68. The van der Waals surface area contributed by atoms with E-state index < -0.39 is 90.1 Å². The summed E-state index contributed by atoms with van der Waals surface area (Å²) in [6, 6.07) is 0. The molecule has 6 unspecified atom stereocenters. The summed E-state index contributed by atoms with van der Waals surface area (Å²) >= 11 is 0. The second kappa shape index (κ2) is 4.88. The Morgan fingerprint density at radius 3 is 1.00 bits per heavy atom. The quantitative estimate of drug-likeness (QED) is 0.274. The molecule has 26 heavy (non-hydrogen) atoms. The Morgan fingerprint density at radius 1 is 0.577 bits per heavy atom. The number of carbonyl (C=O) groups excluding carboxylic acids is 4. The number of carbonyl (C=O) groups is 4. The molecule has 2 heterocycles. The van der Waals surface area contributed by atoms with E-state index in [4.69, 9.17) is 0 Å². The van der Waals surface area contributed by atoms with Crippen LogP contribution in [-0.4, -0.2) is 60.3 Å². The Balaban J connectivity index is 2.04. The molecule has 0 radical (unpaired) electrons. The fourth-order valence-electron chi connectivity index (χ4n) is 5.08. The van der Waals surface area contributed by atoms with Crippen LogP contribution in [0, 0.1) is 35.5 Å². The van der Waals surface area contributed by atoms with Gasteiger partial charge >= 0.3 is 23.9 Å². The van der Waals surface area contributed by atoms with E-state index in [9.17, 15) is 45.1 Å². The molecule has 2 bridgehead atoms. The lowest BCUT2D eigenvalue weighted by atomic mass is 9.50. The van der Waals surface area contributed by atoms with Crippen molar-refractivity contribution < 1.29 is 54.6 Å². The standard InChI is InChI=1S/C12H10O12S2/c13-9-3-1-4-6(12(16)24-10(4)14)2(5(3)11(15)23-9)8(26(20,21)22)7(1)25(17,18)19/h1-8H,(H,17,18,19)(H,20,21,22). The van der Waals surface area contributed by atoms with Crippen LogP contribution >= 0.6 is 0 Å². The van der Waals surface area contributed by atoms with Gasteiger partial charge in [-0.05, 0) is 0 Å². The molecule has 3 saturated carbocycles. The molecule has 0 aromatic heterocycles. The van der Waals surface area contributed by atoms with E-state index in [0.717, 1.165) is 0 Å². The number of cyclic esters (lactones) is 4. The third-order valence-electron chi connectivity index (χ3n) is 5.69. The van der Waals surface area contributed by atoms with E-state index >= 15 is 0 Å². The molecule has 0 aromatic rings. The lowest BCUT2D eigenvalue weighted by molar-refractivity contribution is -0.154. The van der Waals surface area contributed by atoms with Crippen LogP contribution in [0.15, 0.2) is 0 Å². The predicted octanol–water partition coefficient (Wildman–Crippen LogP) is -2.61. The van der Waals surface area contributed by atoms with Crippen molar-refractivity contribution in [3.8, 4) is 0 Å². The summed E-state index contributed by atoms with van der Waals surface area (Å²) in [4.78, 5) is 48.2. The summed E-state index contributed by atoms with van der Waals surface area (Å²) in [6.07, 6.45) is 0. The van der Waals surface area contributed by atoms with Crippen molar-refractivity contribution in [2.75, 3.05) is 0 Å². The molecule has 5 aliphatic rings. The molecule has 2 N–H and O–H groups in total. The van der Waals surface area contributed by atoms with Crippen molar-refractivity contribution in [1.29, 1.82) is 0 Å². The van der Waals surface area contributed by atoms with E-state index in [2.05, 4.69) is 9.47 Å². The van der Waals surface area contributed by atoms with Gasteiger partial charge < -0.3 is 9.47 Å². The van der Waals surface area contributed by atoms with Crippen LogP contribution in [0.25, 0.3) is 0 Å². The first-order valence-corrected chi connectivity index (χ1v) is 10.3. The van der Waals surface area contributed by atoms with E-state index in [0.29, 0.717) is 0 Å². The third kappa shape index (κ3) is 2.00. The lowest BCUT2D eigenvalue weighted by Gasteiger charge is -2.52. The second-order valence-corrected chi connectivity index (χ2v) is 9.85. The molecule has 14 heteroatoms. The first-order chi connectivity index (χ1) is 11.9. The normalized spacial score (nSPS) is 44.5. The summed E-state index contributed by atoms with van der Waals surface area (Å²) in [5, 5.41) is -4.61. The van der Waals surface area contributed by atoms with Crippen LogP contribution in [0.2, 0.25) is 0 Å². The molecule has 5 fully saturated rings. The molecule has 3 aliphatic carbocycles. The minimum absolute atomic E-state index is 1.19. The Kier molecular flexibility index (Phi) is 3.28. The maximum atomic E-state index is 12.0. The number of esters is 4. The van der Waals surface area contributed by atoms with Gasteiger partial charge in [-0.2, -0.15) is 16.8 Å². The van der Waals surface area contributed by atoms with E-state index in [-0.39, 0.29) is 0 Å². The number of hydrogen-bond acceptors (Lipinski definition) is 10. The van der Waals surface area contributed by atoms with Crippen LogP contribution in [0.3, 0.4) is 0 Å². The van der Waals surface area contributed by atoms with Gasteiger partial charge in [0.1, 0.15) is 10.5 Å². The van der Waals surface area contributed by atoms with Crippen LogP contribution < -0.4 is 0 Å². The average Bonchev–Trinajstić information content (AvgIpc) is 2.95. The number of rotatable bonds is 2. The van der Waals surface area contributed by atoms with Gasteiger partial charge in [-0.3, -0.25) is 28.3 Å². The first kappa shape index (κ1) is 17.5. The van der Waals surface area contributed by atoms with Crippen molar-refractivity contribution in [2.45, 2.75) is 10.5 Å². The van der Waals surface area contributed by atoms with E-state index in [1.165, 1.54) is 0 Å². The highest BCUT2D eigenvalue weighted by atomic mass is 32.2. The maximum absolute atomic E-state index is 12.0. The number of fused-ring (bicyclic) bond motifs is 1. The van der Waals surface area contributed by atoms with Gasteiger partial charge in [0.05, 0.1) is 23.7 Å². The van der Waals surface area contributed by atoms with Gasteiger partial charge in [0.15, 0.2) is 0 Å². The van der Waals surface area contributed by atoms with E-state index in [1.807, 2.05) is 0 Å². The topological polar surface area (TPSA) is 195 Å². The SMILES string of the molecule is O=C1OC(=O)C2C1C1C3C(=O)OC(=O)C3C2C(S(=O)(=O)O)C1S(=O)(=O)O. The molecule has 6 atom stereocenters. The number of hydrogen-bond donors (Lipinski definition) is 2. The van der Waals surface area contributed by atoms with Crippen LogP contribution in [0.5, 0.6) is 0 Å². The maximum Gasteiger partial charge on any atom is 0.317 e. The van der Waals surface area contributed by atoms with E-state index in [1.54, 1.807) is 0 Å². The molecule has 142 valence electrons. The smallest absolute Gasteiger partial charge is 0.317 e. The minimum Gasteiger partial charge on any atom is -0.393 e. The molecule has 0 amide bonds. The fourth-order valence-corrected chi connectivity index (χ4v) is 8.44. The minimum atomic E-state index is -5.23.